The Hall–Kier alpha value is -1.24. The number of unbranched alkanes of at least 4 members (excludes halogenated alkanes) is 7. The summed E-state index contributed by atoms with van der Waals surface area (Å²) in [6, 6.07) is 4.40. The predicted molar refractivity (Wildman–Crippen MR) is 98.7 cm³/mol. The highest BCUT2D eigenvalue weighted by Crippen LogP contribution is 2.25. The van der Waals surface area contributed by atoms with E-state index in [1.54, 1.807) is 0 Å². The molecule has 0 fully saturated rings. The molecule has 0 aromatic heterocycles. The zero-order valence-corrected chi connectivity index (χ0v) is 15.1. The molecule has 1 aromatic rings. The van der Waals surface area contributed by atoms with Gasteiger partial charge in [0.05, 0.1) is 6.61 Å². The summed E-state index contributed by atoms with van der Waals surface area (Å²) in [4.78, 5) is 0. The molecule has 0 atom stereocenters. The number of ether oxygens (including phenoxy) is 1. The molecule has 0 N–H and O–H groups in total. The average Bonchev–Trinajstić information content (AvgIpc) is 2.50. The second-order valence-corrected chi connectivity index (χ2v) is 6.30. The van der Waals surface area contributed by atoms with Crippen molar-refractivity contribution in [2.75, 3.05) is 6.61 Å². The summed E-state index contributed by atoms with van der Waals surface area (Å²) in [6.45, 7) is 9.47. The summed E-state index contributed by atoms with van der Waals surface area (Å²) in [5.41, 5.74) is 3.83. The molecular formula is C21H34O. The van der Waals surface area contributed by atoms with Gasteiger partial charge in [-0.3, -0.25) is 0 Å². The van der Waals surface area contributed by atoms with E-state index in [-0.39, 0.29) is 0 Å². The van der Waals surface area contributed by atoms with Gasteiger partial charge in [-0.05, 0) is 50.5 Å². The van der Waals surface area contributed by atoms with Crippen LogP contribution in [-0.4, -0.2) is 6.61 Å². The fraction of sp³-hybridized carbons (Fsp3) is 0.619. The minimum atomic E-state index is 0.835. The number of rotatable bonds is 11. The first-order chi connectivity index (χ1) is 10.7. The molecule has 1 heteroatoms. The first kappa shape index (κ1) is 18.8. The van der Waals surface area contributed by atoms with Crippen molar-refractivity contribution in [3.05, 3.63) is 34.9 Å². The molecular weight excluding hydrogens is 268 g/mol. The Balaban J connectivity index is 2.28. The van der Waals surface area contributed by atoms with Crippen LogP contribution in [0, 0.1) is 13.8 Å². The standard InChI is InChI=1S/C21H34O/c1-5-7-8-9-10-11-12-13-15-22-21-17-19(4)18(3)16-20(21)14-6-2/h6,14,16-17H,5,7-13,15H2,1-4H3/b14-6+. The van der Waals surface area contributed by atoms with Crippen LogP contribution in [0.1, 0.15) is 81.9 Å². The lowest BCUT2D eigenvalue weighted by Gasteiger charge is -2.12. The molecule has 0 aliphatic rings. The van der Waals surface area contributed by atoms with E-state index in [2.05, 4.69) is 52.0 Å². The van der Waals surface area contributed by atoms with E-state index < -0.39 is 0 Å². The van der Waals surface area contributed by atoms with Crippen LogP contribution in [0.5, 0.6) is 5.75 Å². The normalized spacial score (nSPS) is 11.3. The summed E-state index contributed by atoms with van der Waals surface area (Å²) in [7, 11) is 0. The van der Waals surface area contributed by atoms with Crippen LogP contribution < -0.4 is 4.74 Å². The Labute approximate surface area is 137 Å². The maximum Gasteiger partial charge on any atom is 0.126 e. The number of allylic oxidation sites excluding steroid dienone is 1. The Morgan fingerprint density at radius 3 is 2.09 bits per heavy atom. The van der Waals surface area contributed by atoms with Crippen molar-refractivity contribution in [1.29, 1.82) is 0 Å². The molecule has 124 valence electrons. The van der Waals surface area contributed by atoms with Crippen LogP contribution in [0.25, 0.3) is 6.08 Å². The maximum absolute atomic E-state index is 6.02. The van der Waals surface area contributed by atoms with Crippen LogP contribution in [0.4, 0.5) is 0 Å². The highest BCUT2D eigenvalue weighted by atomic mass is 16.5. The average molecular weight is 303 g/mol. The van der Waals surface area contributed by atoms with Crippen LogP contribution in [0.2, 0.25) is 0 Å². The fourth-order valence-corrected chi connectivity index (χ4v) is 2.66. The third-order valence-electron chi connectivity index (χ3n) is 4.23. The van der Waals surface area contributed by atoms with Gasteiger partial charge < -0.3 is 4.74 Å². The van der Waals surface area contributed by atoms with Crippen LogP contribution >= 0.6 is 0 Å². The monoisotopic (exact) mass is 302 g/mol. The smallest absolute Gasteiger partial charge is 0.126 e. The van der Waals surface area contributed by atoms with Crippen molar-refractivity contribution < 1.29 is 4.74 Å². The zero-order valence-electron chi connectivity index (χ0n) is 15.1. The molecule has 0 radical (unpaired) electrons. The number of benzene rings is 1. The van der Waals surface area contributed by atoms with E-state index in [9.17, 15) is 0 Å². The summed E-state index contributed by atoms with van der Waals surface area (Å²) in [5.74, 6) is 1.03. The van der Waals surface area contributed by atoms with E-state index in [1.807, 2.05) is 0 Å². The summed E-state index contributed by atoms with van der Waals surface area (Å²) in [5, 5.41) is 0. The molecule has 22 heavy (non-hydrogen) atoms. The lowest BCUT2D eigenvalue weighted by molar-refractivity contribution is 0.303. The number of aryl methyl sites for hydroxylation is 2. The molecule has 0 saturated carbocycles. The van der Waals surface area contributed by atoms with E-state index >= 15 is 0 Å². The van der Waals surface area contributed by atoms with Gasteiger partial charge in [-0.2, -0.15) is 0 Å². The van der Waals surface area contributed by atoms with Crippen LogP contribution in [0.15, 0.2) is 18.2 Å². The molecule has 0 saturated heterocycles. The molecule has 0 bridgehead atoms. The molecule has 0 aliphatic heterocycles. The van der Waals surface area contributed by atoms with Gasteiger partial charge in [0.15, 0.2) is 0 Å². The van der Waals surface area contributed by atoms with E-state index in [0.29, 0.717) is 0 Å². The molecule has 1 aromatic carbocycles. The molecule has 0 spiro atoms. The van der Waals surface area contributed by atoms with Gasteiger partial charge in [0, 0.05) is 5.56 Å². The number of hydrogen-bond acceptors (Lipinski definition) is 1. The third kappa shape index (κ3) is 7.15. The highest BCUT2D eigenvalue weighted by molar-refractivity contribution is 5.59. The molecule has 0 unspecified atom stereocenters. The number of hydrogen-bond donors (Lipinski definition) is 0. The highest BCUT2D eigenvalue weighted by Gasteiger charge is 2.04. The van der Waals surface area contributed by atoms with Crippen LogP contribution in [-0.2, 0) is 0 Å². The van der Waals surface area contributed by atoms with Crippen molar-refractivity contribution in [2.24, 2.45) is 0 Å². The summed E-state index contributed by atoms with van der Waals surface area (Å²) in [6.07, 6.45) is 14.9. The predicted octanol–water partition coefficient (Wildman–Crippen LogP) is 6.86. The Kier molecular flexibility index (Phi) is 9.70. The first-order valence-electron chi connectivity index (χ1n) is 9.05. The van der Waals surface area contributed by atoms with Gasteiger partial charge in [-0.15, -0.1) is 0 Å². The quantitative estimate of drug-likeness (QED) is 0.406. The van der Waals surface area contributed by atoms with E-state index in [0.717, 1.165) is 18.8 Å². The van der Waals surface area contributed by atoms with Crippen LogP contribution in [0.3, 0.4) is 0 Å². The van der Waals surface area contributed by atoms with E-state index in [1.165, 1.54) is 61.6 Å². The molecule has 1 rings (SSSR count). The van der Waals surface area contributed by atoms with Crippen molar-refractivity contribution in [3.63, 3.8) is 0 Å². The summed E-state index contributed by atoms with van der Waals surface area (Å²) >= 11 is 0. The SMILES string of the molecule is C/C=C/c1cc(C)c(C)cc1OCCCCCCCCCC. The first-order valence-corrected chi connectivity index (χ1v) is 9.05. The Morgan fingerprint density at radius 1 is 0.864 bits per heavy atom. The van der Waals surface area contributed by atoms with Gasteiger partial charge >= 0.3 is 0 Å². The minimum absolute atomic E-state index is 0.835. The van der Waals surface area contributed by atoms with Gasteiger partial charge in [-0.1, -0.05) is 64.0 Å². The van der Waals surface area contributed by atoms with Gasteiger partial charge in [0.2, 0.25) is 0 Å². The lowest BCUT2D eigenvalue weighted by Crippen LogP contribution is -2.00. The second kappa shape index (κ2) is 11.3. The second-order valence-electron chi connectivity index (χ2n) is 6.30. The minimum Gasteiger partial charge on any atom is -0.493 e. The molecule has 0 aliphatic carbocycles. The Morgan fingerprint density at radius 2 is 1.45 bits per heavy atom. The van der Waals surface area contributed by atoms with Crippen molar-refractivity contribution in [3.8, 4) is 5.75 Å². The van der Waals surface area contributed by atoms with Gasteiger partial charge in [0.25, 0.3) is 0 Å². The van der Waals surface area contributed by atoms with E-state index in [4.69, 9.17) is 4.74 Å². The Bertz CT molecular complexity index is 445. The van der Waals surface area contributed by atoms with Crippen molar-refractivity contribution >= 4 is 6.08 Å². The van der Waals surface area contributed by atoms with Gasteiger partial charge in [-0.25, -0.2) is 0 Å². The molecule has 1 nitrogen and oxygen atoms in total. The maximum atomic E-state index is 6.02. The largest absolute Gasteiger partial charge is 0.493 e. The summed E-state index contributed by atoms with van der Waals surface area (Å²) < 4.78 is 6.02. The lowest BCUT2D eigenvalue weighted by atomic mass is 10.0. The fourth-order valence-electron chi connectivity index (χ4n) is 2.66. The topological polar surface area (TPSA) is 9.23 Å². The van der Waals surface area contributed by atoms with Crippen molar-refractivity contribution in [2.45, 2.75) is 79.1 Å². The molecule has 0 heterocycles. The molecule has 0 amide bonds. The third-order valence-corrected chi connectivity index (χ3v) is 4.23. The van der Waals surface area contributed by atoms with Crippen molar-refractivity contribution in [1.82, 2.24) is 0 Å². The van der Waals surface area contributed by atoms with Gasteiger partial charge in [0.1, 0.15) is 5.75 Å². The zero-order chi connectivity index (χ0) is 16.2.